The molecule has 2 aromatic rings. The number of hydrogen-bond donors (Lipinski definition) is 1. The van der Waals surface area contributed by atoms with E-state index in [-0.39, 0.29) is 12.5 Å². The molecule has 0 unspecified atom stereocenters. The van der Waals surface area contributed by atoms with Gasteiger partial charge in [0.05, 0.1) is 25.4 Å². The van der Waals surface area contributed by atoms with E-state index in [1.54, 1.807) is 11.3 Å². The summed E-state index contributed by atoms with van der Waals surface area (Å²) >= 11 is 1.74. The zero-order chi connectivity index (χ0) is 18.6. The lowest BCUT2D eigenvalue weighted by molar-refractivity contribution is 0.0315. The molecule has 0 saturated carbocycles. The van der Waals surface area contributed by atoms with Crippen molar-refractivity contribution < 1.29 is 14.6 Å². The molecule has 0 spiro atoms. The third kappa shape index (κ3) is 3.96. The Labute approximate surface area is 164 Å². The number of fused-ring (bicyclic) bond motifs is 1. The Morgan fingerprint density at radius 3 is 2.70 bits per heavy atom. The van der Waals surface area contributed by atoms with Crippen molar-refractivity contribution >= 4 is 17.2 Å². The summed E-state index contributed by atoms with van der Waals surface area (Å²) in [5, 5.41) is 10.6. The molecule has 0 atom stereocenters. The molecule has 1 N–H and O–H groups in total. The molecular weight excluding hydrogens is 362 g/mol. The predicted molar refractivity (Wildman–Crippen MR) is 106 cm³/mol. The van der Waals surface area contributed by atoms with Gasteiger partial charge in [-0.3, -0.25) is 9.69 Å². The molecule has 7 heteroatoms. The quantitative estimate of drug-likeness (QED) is 0.785. The molecule has 4 rings (SSSR count). The summed E-state index contributed by atoms with van der Waals surface area (Å²) in [6.45, 7) is 5.13. The van der Waals surface area contributed by atoms with Crippen LogP contribution in [0.1, 0.15) is 27.2 Å². The van der Waals surface area contributed by atoms with Crippen molar-refractivity contribution in [2.24, 2.45) is 0 Å². The van der Waals surface area contributed by atoms with Crippen LogP contribution in [0, 0.1) is 0 Å². The summed E-state index contributed by atoms with van der Waals surface area (Å²) in [6, 6.07) is 3.98. The molecule has 3 heterocycles. The summed E-state index contributed by atoms with van der Waals surface area (Å²) in [7, 11) is 0. The number of aryl methyl sites for hydroxylation is 1. The number of carbonyl (C=O) groups excluding carboxylic acids is 1. The average molecular weight is 390 g/mol. The van der Waals surface area contributed by atoms with Crippen molar-refractivity contribution in [1.29, 1.82) is 0 Å². The van der Waals surface area contributed by atoms with Crippen LogP contribution in [0.15, 0.2) is 24.5 Å². The van der Waals surface area contributed by atoms with Crippen molar-refractivity contribution in [3.05, 3.63) is 40.5 Å². The smallest absolute Gasteiger partial charge is 0.257 e. The Morgan fingerprint density at radius 2 is 1.96 bits per heavy atom. The number of aromatic nitrogens is 1. The van der Waals surface area contributed by atoms with Gasteiger partial charge in [-0.05, 0) is 37.0 Å². The maximum absolute atomic E-state index is 13.5. The minimum atomic E-state index is -0.0139. The average Bonchev–Trinajstić information content (AvgIpc) is 3.41. The molecule has 1 aliphatic carbocycles. The second kappa shape index (κ2) is 8.56. The lowest BCUT2D eigenvalue weighted by Crippen LogP contribution is -2.44. The number of ether oxygens (including phenoxy) is 1. The molecule has 2 aromatic heterocycles. The van der Waals surface area contributed by atoms with Crippen LogP contribution in [0.25, 0.3) is 5.00 Å². The van der Waals surface area contributed by atoms with E-state index in [2.05, 4.69) is 9.47 Å². The normalized spacial score (nSPS) is 17.2. The lowest BCUT2D eigenvalue weighted by atomic mass is 10.1. The third-order valence-corrected chi connectivity index (χ3v) is 6.71. The molecule has 1 aliphatic heterocycles. The number of hydrogen-bond acceptors (Lipinski definition) is 5. The summed E-state index contributed by atoms with van der Waals surface area (Å²) in [5.41, 5.74) is 2.07. The predicted octanol–water partition coefficient (Wildman–Crippen LogP) is 1.79. The van der Waals surface area contributed by atoms with E-state index in [0.29, 0.717) is 13.1 Å². The van der Waals surface area contributed by atoms with E-state index in [1.807, 2.05) is 29.4 Å². The van der Waals surface area contributed by atoms with Gasteiger partial charge >= 0.3 is 0 Å². The third-order valence-electron chi connectivity index (χ3n) is 5.40. The monoisotopic (exact) mass is 389 g/mol. The van der Waals surface area contributed by atoms with Gasteiger partial charge in [0.25, 0.3) is 5.91 Å². The standard InChI is InChI=1S/C20H27N3O3S/c24-13-10-22(9-8-21-11-14-26-15-12-21)19(25)18-16-4-3-5-17(16)27-20(18)23-6-1-2-7-23/h1-2,6-7,24H,3-5,8-15H2. The lowest BCUT2D eigenvalue weighted by Gasteiger charge is -2.30. The zero-order valence-electron chi connectivity index (χ0n) is 15.6. The SMILES string of the molecule is O=C(c1c(-n2cccc2)sc2c1CCC2)N(CCO)CCN1CCOCC1. The van der Waals surface area contributed by atoms with Gasteiger partial charge in [0.15, 0.2) is 0 Å². The number of morpholine rings is 1. The van der Waals surface area contributed by atoms with Gasteiger partial charge < -0.3 is 19.3 Å². The van der Waals surface area contributed by atoms with Gasteiger partial charge in [-0.2, -0.15) is 0 Å². The van der Waals surface area contributed by atoms with Crippen molar-refractivity contribution in [2.75, 3.05) is 52.5 Å². The molecular formula is C20H27N3O3S. The van der Waals surface area contributed by atoms with Crippen molar-refractivity contribution in [2.45, 2.75) is 19.3 Å². The van der Waals surface area contributed by atoms with Crippen LogP contribution in [0.5, 0.6) is 0 Å². The Morgan fingerprint density at radius 1 is 1.19 bits per heavy atom. The van der Waals surface area contributed by atoms with Crippen LogP contribution in [0.3, 0.4) is 0 Å². The van der Waals surface area contributed by atoms with Gasteiger partial charge in [0.2, 0.25) is 0 Å². The molecule has 146 valence electrons. The zero-order valence-corrected chi connectivity index (χ0v) is 16.4. The van der Waals surface area contributed by atoms with E-state index in [9.17, 15) is 9.90 Å². The van der Waals surface area contributed by atoms with Gasteiger partial charge in [-0.15, -0.1) is 11.3 Å². The summed E-state index contributed by atoms with van der Waals surface area (Å²) in [5.74, 6) is 0.0559. The van der Waals surface area contributed by atoms with E-state index in [1.165, 1.54) is 10.4 Å². The highest BCUT2D eigenvalue weighted by molar-refractivity contribution is 7.15. The Hall–Kier alpha value is -1.67. The first-order chi connectivity index (χ1) is 13.3. The van der Waals surface area contributed by atoms with E-state index >= 15 is 0 Å². The molecule has 1 saturated heterocycles. The molecule has 0 radical (unpaired) electrons. The maximum atomic E-state index is 13.5. The number of nitrogens with zero attached hydrogens (tertiary/aromatic N) is 3. The van der Waals surface area contributed by atoms with Gasteiger partial charge in [-0.1, -0.05) is 0 Å². The minimum Gasteiger partial charge on any atom is -0.395 e. The van der Waals surface area contributed by atoms with Crippen LogP contribution in [0.4, 0.5) is 0 Å². The van der Waals surface area contributed by atoms with Crippen LogP contribution >= 0.6 is 11.3 Å². The van der Waals surface area contributed by atoms with E-state index in [4.69, 9.17) is 4.74 Å². The summed E-state index contributed by atoms with van der Waals surface area (Å²) in [6.07, 6.45) is 7.17. The fraction of sp³-hybridized carbons (Fsp3) is 0.550. The maximum Gasteiger partial charge on any atom is 0.257 e. The Kier molecular flexibility index (Phi) is 5.92. The molecule has 0 bridgehead atoms. The van der Waals surface area contributed by atoms with Crippen LogP contribution in [0.2, 0.25) is 0 Å². The van der Waals surface area contributed by atoms with E-state index < -0.39 is 0 Å². The van der Waals surface area contributed by atoms with Gasteiger partial charge in [0.1, 0.15) is 5.00 Å². The van der Waals surface area contributed by atoms with Crippen molar-refractivity contribution in [3.63, 3.8) is 0 Å². The highest BCUT2D eigenvalue weighted by atomic mass is 32.1. The second-order valence-electron chi connectivity index (χ2n) is 7.10. The van der Waals surface area contributed by atoms with Gasteiger partial charge in [0, 0.05) is 50.0 Å². The van der Waals surface area contributed by atoms with Crippen molar-refractivity contribution in [1.82, 2.24) is 14.4 Å². The topological polar surface area (TPSA) is 57.9 Å². The first-order valence-electron chi connectivity index (χ1n) is 9.76. The second-order valence-corrected chi connectivity index (χ2v) is 8.18. The molecule has 1 fully saturated rings. The van der Waals surface area contributed by atoms with Crippen LogP contribution < -0.4 is 0 Å². The number of amides is 1. The number of thiophene rings is 1. The first-order valence-corrected chi connectivity index (χ1v) is 10.6. The minimum absolute atomic E-state index is 0.0139. The molecule has 6 nitrogen and oxygen atoms in total. The number of rotatable bonds is 7. The molecule has 27 heavy (non-hydrogen) atoms. The highest BCUT2D eigenvalue weighted by Gasteiger charge is 2.30. The van der Waals surface area contributed by atoms with E-state index in [0.717, 1.165) is 62.7 Å². The van der Waals surface area contributed by atoms with Crippen LogP contribution in [-0.4, -0.2) is 77.9 Å². The Balaban J connectivity index is 1.57. The molecule has 1 amide bonds. The molecule has 0 aromatic carbocycles. The van der Waals surface area contributed by atoms with Crippen LogP contribution in [-0.2, 0) is 17.6 Å². The number of carbonyl (C=O) groups is 1. The summed E-state index contributed by atoms with van der Waals surface area (Å²) in [4.78, 5) is 19.0. The fourth-order valence-electron chi connectivity index (χ4n) is 3.94. The fourth-order valence-corrected chi connectivity index (χ4v) is 5.29. The number of aliphatic hydroxyl groups is 1. The molecule has 2 aliphatic rings. The summed E-state index contributed by atoms with van der Waals surface area (Å²) < 4.78 is 7.46. The largest absolute Gasteiger partial charge is 0.395 e. The first kappa shape index (κ1) is 18.7. The Bertz CT molecular complexity index is 766. The number of aliphatic hydroxyl groups excluding tert-OH is 1. The van der Waals surface area contributed by atoms with Gasteiger partial charge in [-0.25, -0.2) is 0 Å². The highest BCUT2D eigenvalue weighted by Crippen LogP contribution is 2.38. The van der Waals surface area contributed by atoms with Crippen molar-refractivity contribution in [3.8, 4) is 5.00 Å².